The molecular formula is C18H17ClN4O2. The second kappa shape index (κ2) is 7.46. The van der Waals surface area contributed by atoms with E-state index in [0.717, 1.165) is 16.8 Å². The van der Waals surface area contributed by atoms with Gasteiger partial charge in [0.25, 0.3) is 5.91 Å². The lowest BCUT2D eigenvalue weighted by Crippen LogP contribution is -2.24. The Morgan fingerprint density at radius 1 is 1.16 bits per heavy atom. The van der Waals surface area contributed by atoms with Crippen LogP contribution in [0.1, 0.15) is 27.3 Å². The highest BCUT2D eigenvalue weighted by Crippen LogP contribution is 2.16. The summed E-state index contributed by atoms with van der Waals surface area (Å²) >= 11 is 6.09. The molecule has 7 heteroatoms. The smallest absolute Gasteiger partial charge is 0.274 e. The van der Waals surface area contributed by atoms with E-state index in [0.29, 0.717) is 5.02 Å². The summed E-state index contributed by atoms with van der Waals surface area (Å²) in [7, 11) is 0. The number of benzene rings is 2. The molecule has 0 radical (unpaired) electrons. The van der Waals surface area contributed by atoms with Crippen molar-refractivity contribution >= 4 is 17.5 Å². The summed E-state index contributed by atoms with van der Waals surface area (Å²) in [6.45, 7) is 1.82. The molecule has 1 heterocycles. The summed E-state index contributed by atoms with van der Waals surface area (Å²) in [4.78, 5) is 13.8. The van der Waals surface area contributed by atoms with Crippen LogP contribution in [0.2, 0.25) is 5.02 Å². The van der Waals surface area contributed by atoms with Gasteiger partial charge < -0.3 is 10.4 Å². The highest BCUT2D eigenvalue weighted by molar-refractivity contribution is 6.31. The lowest BCUT2D eigenvalue weighted by Gasteiger charge is -2.06. The van der Waals surface area contributed by atoms with Gasteiger partial charge in [0.05, 0.1) is 12.3 Å². The van der Waals surface area contributed by atoms with Gasteiger partial charge in [-0.05, 0) is 30.2 Å². The van der Waals surface area contributed by atoms with E-state index in [2.05, 4.69) is 15.5 Å². The third-order valence-corrected chi connectivity index (χ3v) is 4.15. The number of nitrogens with one attached hydrogen (secondary N) is 1. The largest absolute Gasteiger partial charge is 0.390 e. The standard InChI is InChI=1S/C18H17ClN4O2/c1-12-6-2-5-9-16(12)23-21-15(11-24)17(22-23)18(25)20-10-13-7-3-4-8-14(13)19/h2-9,24H,10-11H2,1H3,(H,20,25). The van der Waals surface area contributed by atoms with Gasteiger partial charge in [-0.3, -0.25) is 4.79 Å². The second-order valence-electron chi connectivity index (χ2n) is 5.50. The van der Waals surface area contributed by atoms with E-state index in [4.69, 9.17) is 11.6 Å². The number of hydrogen-bond acceptors (Lipinski definition) is 4. The molecule has 6 nitrogen and oxygen atoms in total. The van der Waals surface area contributed by atoms with Crippen LogP contribution in [0.3, 0.4) is 0 Å². The Kier molecular flexibility index (Phi) is 5.11. The van der Waals surface area contributed by atoms with Crippen LogP contribution in [0.5, 0.6) is 0 Å². The van der Waals surface area contributed by atoms with Crippen LogP contribution < -0.4 is 5.32 Å². The molecule has 0 aliphatic heterocycles. The zero-order valence-electron chi connectivity index (χ0n) is 13.6. The minimum atomic E-state index is -0.413. The van der Waals surface area contributed by atoms with Crippen LogP contribution in [0.4, 0.5) is 0 Å². The number of aryl methyl sites for hydroxylation is 1. The fraction of sp³-hybridized carbons (Fsp3) is 0.167. The van der Waals surface area contributed by atoms with Gasteiger partial charge in [-0.15, -0.1) is 10.2 Å². The van der Waals surface area contributed by atoms with Gasteiger partial charge >= 0.3 is 0 Å². The number of hydrogen-bond donors (Lipinski definition) is 2. The summed E-state index contributed by atoms with van der Waals surface area (Å²) in [6, 6.07) is 14.8. The van der Waals surface area contributed by atoms with Crippen molar-refractivity contribution in [3.63, 3.8) is 0 Å². The first kappa shape index (κ1) is 17.1. The van der Waals surface area contributed by atoms with Crippen LogP contribution in [0.15, 0.2) is 48.5 Å². The first-order chi connectivity index (χ1) is 12.1. The SMILES string of the molecule is Cc1ccccc1-n1nc(CO)c(C(=O)NCc2ccccc2Cl)n1. The molecule has 3 aromatic rings. The number of halogens is 1. The molecule has 0 spiro atoms. The van der Waals surface area contributed by atoms with E-state index in [1.807, 2.05) is 49.4 Å². The van der Waals surface area contributed by atoms with Crippen LogP contribution in [-0.2, 0) is 13.2 Å². The van der Waals surface area contributed by atoms with E-state index in [9.17, 15) is 9.90 Å². The van der Waals surface area contributed by atoms with E-state index >= 15 is 0 Å². The molecule has 2 N–H and O–H groups in total. The van der Waals surface area contributed by atoms with Gasteiger partial charge in [0.1, 0.15) is 5.69 Å². The van der Waals surface area contributed by atoms with E-state index in [-0.39, 0.29) is 24.5 Å². The van der Waals surface area contributed by atoms with Crippen LogP contribution in [-0.4, -0.2) is 26.0 Å². The number of aliphatic hydroxyl groups excluding tert-OH is 1. The predicted molar refractivity (Wildman–Crippen MR) is 94.6 cm³/mol. The van der Waals surface area contributed by atoms with Crippen LogP contribution >= 0.6 is 11.6 Å². The molecule has 1 amide bonds. The highest BCUT2D eigenvalue weighted by Gasteiger charge is 2.19. The average molecular weight is 357 g/mol. The first-order valence-electron chi connectivity index (χ1n) is 7.75. The number of carbonyl (C=O) groups excluding carboxylic acids is 1. The van der Waals surface area contributed by atoms with Gasteiger partial charge in [0.2, 0.25) is 0 Å². The molecule has 0 bridgehead atoms. The van der Waals surface area contributed by atoms with Crippen LogP contribution in [0.25, 0.3) is 5.69 Å². The highest BCUT2D eigenvalue weighted by atomic mass is 35.5. The van der Waals surface area contributed by atoms with Gasteiger partial charge in [-0.1, -0.05) is 48.0 Å². The molecule has 1 aromatic heterocycles. The minimum absolute atomic E-state index is 0.0952. The summed E-state index contributed by atoms with van der Waals surface area (Å²) in [5.74, 6) is -0.413. The monoisotopic (exact) mass is 356 g/mol. The molecule has 0 fully saturated rings. The average Bonchev–Trinajstić information content (AvgIpc) is 3.05. The maximum absolute atomic E-state index is 12.5. The Morgan fingerprint density at radius 2 is 1.88 bits per heavy atom. The number of para-hydroxylation sites is 1. The Labute approximate surface area is 150 Å². The van der Waals surface area contributed by atoms with Crippen molar-refractivity contribution in [2.45, 2.75) is 20.1 Å². The Hall–Kier alpha value is -2.70. The quantitative estimate of drug-likeness (QED) is 0.736. The third-order valence-electron chi connectivity index (χ3n) is 3.78. The zero-order valence-corrected chi connectivity index (χ0v) is 14.4. The van der Waals surface area contributed by atoms with E-state index in [1.165, 1.54) is 4.80 Å². The second-order valence-corrected chi connectivity index (χ2v) is 5.91. The number of aliphatic hydroxyl groups is 1. The summed E-state index contributed by atoms with van der Waals surface area (Å²) in [5, 5.41) is 21.3. The molecule has 0 aliphatic carbocycles. The number of nitrogens with zero attached hydrogens (tertiary/aromatic N) is 3. The molecule has 0 atom stereocenters. The summed E-state index contributed by atoms with van der Waals surface area (Å²) in [6.07, 6.45) is 0. The fourth-order valence-corrected chi connectivity index (χ4v) is 2.62. The molecule has 2 aromatic carbocycles. The van der Waals surface area contributed by atoms with Crippen molar-refractivity contribution in [2.75, 3.05) is 0 Å². The number of aromatic nitrogens is 3. The minimum Gasteiger partial charge on any atom is -0.390 e. The number of rotatable bonds is 5. The Bertz CT molecular complexity index is 908. The summed E-state index contributed by atoms with van der Waals surface area (Å²) in [5.41, 5.74) is 2.83. The molecular weight excluding hydrogens is 340 g/mol. The molecule has 3 rings (SSSR count). The van der Waals surface area contributed by atoms with Gasteiger partial charge in [0, 0.05) is 11.6 Å². The Balaban J connectivity index is 1.83. The lowest BCUT2D eigenvalue weighted by atomic mass is 10.2. The van der Waals surface area contributed by atoms with Crippen molar-refractivity contribution in [3.05, 3.63) is 76.1 Å². The first-order valence-corrected chi connectivity index (χ1v) is 8.12. The molecule has 128 valence electrons. The van der Waals surface area contributed by atoms with E-state index in [1.54, 1.807) is 6.07 Å². The van der Waals surface area contributed by atoms with Crippen molar-refractivity contribution in [3.8, 4) is 5.69 Å². The van der Waals surface area contributed by atoms with Crippen molar-refractivity contribution < 1.29 is 9.90 Å². The number of amides is 1. The maximum atomic E-state index is 12.5. The van der Waals surface area contributed by atoms with Gasteiger partial charge in [-0.2, -0.15) is 4.80 Å². The Morgan fingerprint density at radius 3 is 2.60 bits per heavy atom. The molecule has 0 aliphatic rings. The van der Waals surface area contributed by atoms with Gasteiger partial charge in [0.15, 0.2) is 5.69 Å². The third kappa shape index (κ3) is 3.70. The van der Waals surface area contributed by atoms with Crippen molar-refractivity contribution in [1.29, 1.82) is 0 Å². The fourth-order valence-electron chi connectivity index (χ4n) is 2.42. The van der Waals surface area contributed by atoms with Crippen molar-refractivity contribution in [2.24, 2.45) is 0 Å². The van der Waals surface area contributed by atoms with E-state index < -0.39 is 5.91 Å². The maximum Gasteiger partial charge on any atom is 0.274 e. The lowest BCUT2D eigenvalue weighted by molar-refractivity contribution is 0.0942. The van der Waals surface area contributed by atoms with Gasteiger partial charge in [-0.25, -0.2) is 0 Å². The normalized spacial score (nSPS) is 10.7. The number of carbonyl (C=O) groups is 1. The predicted octanol–water partition coefficient (Wildman–Crippen LogP) is 2.65. The molecule has 0 saturated heterocycles. The molecule has 0 saturated carbocycles. The molecule has 25 heavy (non-hydrogen) atoms. The topological polar surface area (TPSA) is 80.0 Å². The van der Waals surface area contributed by atoms with Crippen LogP contribution in [0, 0.1) is 6.92 Å². The van der Waals surface area contributed by atoms with Crippen molar-refractivity contribution in [1.82, 2.24) is 20.3 Å². The molecule has 0 unspecified atom stereocenters. The zero-order chi connectivity index (χ0) is 17.8. The summed E-state index contributed by atoms with van der Waals surface area (Å²) < 4.78 is 0.